The maximum Gasteiger partial charge on any atom is 0.343 e. The monoisotopic (exact) mass is 486 g/mol. The number of halogens is 1. The number of carbonyl (C=O) groups is 2. The summed E-state index contributed by atoms with van der Waals surface area (Å²) in [5.41, 5.74) is 0.718. The second-order valence-electron chi connectivity index (χ2n) is 8.98. The van der Waals surface area contributed by atoms with E-state index in [1.165, 1.54) is 22.8 Å². The molecule has 0 spiro atoms. The first-order chi connectivity index (χ1) is 16.6. The molecule has 3 rings (SSSR count). The van der Waals surface area contributed by atoms with Crippen LogP contribution in [-0.4, -0.2) is 52.4 Å². The van der Waals surface area contributed by atoms with E-state index in [-0.39, 0.29) is 31.2 Å². The van der Waals surface area contributed by atoms with Crippen molar-refractivity contribution in [2.75, 3.05) is 25.2 Å². The number of hydrogen-bond acceptors (Lipinski definition) is 8. The molecule has 0 aliphatic carbocycles. The van der Waals surface area contributed by atoms with Gasteiger partial charge in [-0.15, -0.1) is 0 Å². The predicted molar refractivity (Wildman–Crippen MR) is 128 cm³/mol. The second kappa shape index (κ2) is 11.2. The zero-order valence-corrected chi connectivity index (χ0v) is 20.7. The average molecular weight is 487 g/mol. The molecule has 0 radical (unpaired) electrons. The lowest BCUT2D eigenvalue weighted by atomic mass is 10.2. The highest BCUT2D eigenvalue weighted by Crippen LogP contribution is 2.24. The third-order valence-corrected chi connectivity index (χ3v) is 4.87. The average Bonchev–Trinajstić information content (AvgIpc) is 3.20. The molecule has 0 fully saturated rings. The summed E-state index contributed by atoms with van der Waals surface area (Å²) in [5, 5.41) is 4.14. The quantitative estimate of drug-likeness (QED) is 0.311. The van der Waals surface area contributed by atoms with Gasteiger partial charge < -0.3 is 19.1 Å². The largest absolute Gasteiger partial charge is 0.493 e. The van der Waals surface area contributed by atoms with Crippen LogP contribution in [0.1, 0.15) is 56.5 Å². The minimum Gasteiger partial charge on any atom is -0.493 e. The van der Waals surface area contributed by atoms with Crippen LogP contribution in [0.15, 0.2) is 36.7 Å². The summed E-state index contributed by atoms with van der Waals surface area (Å²) >= 11 is 0. The van der Waals surface area contributed by atoms with Gasteiger partial charge in [0, 0.05) is 31.8 Å². The highest BCUT2D eigenvalue weighted by molar-refractivity contribution is 5.95. The van der Waals surface area contributed by atoms with Crippen LogP contribution in [0.25, 0.3) is 5.65 Å². The van der Waals surface area contributed by atoms with Crippen LogP contribution < -0.4 is 9.64 Å². The Hall–Kier alpha value is -3.69. The third kappa shape index (κ3) is 7.14. The van der Waals surface area contributed by atoms with Crippen LogP contribution >= 0.6 is 0 Å². The summed E-state index contributed by atoms with van der Waals surface area (Å²) in [4.78, 5) is 30.4. The van der Waals surface area contributed by atoms with Crippen molar-refractivity contribution in [1.82, 2.24) is 14.6 Å². The van der Waals surface area contributed by atoms with Crippen molar-refractivity contribution < 1.29 is 28.2 Å². The number of nitrogens with zero attached hydrogens (tertiary/aromatic N) is 4. The SMILES string of the molecule is CCOC(=O)c1cnn2ccc(N(C)Cc3cc(F)ccc3OCCCC(=O)OC(C)(C)C)nc12. The second-order valence-corrected chi connectivity index (χ2v) is 8.98. The molecule has 35 heavy (non-hydrogen) atoms. The Morgan fingerprint density at radius 2 is 1.97 bits per heavy atom. The summed E-state index contributed by atoms with van der Waals surface area (Å²) in [6.45, 7) is 8.01. The fraction of sp³-hybridized carbons (Fsp3) is 0.440. The molecule has 0 N–H and O–H groups in total. The molecule has 0 unspecified atom stereocenters. The molecule has 0 bridgehead atoms. The highest BCUT2D eigenvalue weighted by Gasteiger charge is 2.18. The molecule has 0 aliphatic heterocycles. The number of carbonyl (C=O) groups excluding carboxylic acids is 2. The van der Waals surface area contributed by atoms with Crippen LogP contribution in [0.2, 0.25) is 0 Å². The number of esters is 2. The first-order valence-corrected chi connectivity index (χ1v) is 11.4. The molecular formula is C25H31FN4O5. The van der Waals surface area contributed by atoms with Gasteiger partial charge in [-0.05, 0) is 58.4 Å². The van der Waals surface area contributed by atoms with E-state index in [4.69, 9.17) is 14.2 Å². The van der Waals surface area contributed by atoms with E-state index in [2.05, 4.69) is 10.1 Å². The molecule has 0 amide bonds. The summed E-state index contributed by atoms with van der Waals surface area (Å²) in [6, 6.07) is 6.05. The number of fused-ring (bicyclic) bond motifs is 1. The summed E-state index contributed by atoms with van der Waals surface area (Å²) in [5.74, 6) is -0.104. The Labute approximate surface area is 203 Å². The Morgan fingerprint density at radius 1 is 1.20 bits per heavy atom. The Kier molecular flexibility index (Phi) is 8.26. The van der Waals surface area contributed by atoms with Gasteiger partial charge in [-0.1, -0.05) is 0 Å². The first-order valence-electron chi connectivity index (χ1n) is 11.4. The first kappa shape index (κ1) is 25.9. The fourth-order valence-corrected chi connectivity index (χ4v) is 3.36. The maximum atomic E-state index is 14.0. The minimum absolute atomic E-state index is 0.228. The lowest BCUT2D eigenvalue weighted by Crippen LogP contribution is -2.24. The smallest absolute Gasteiger partial charge is 0.343 e. The molecule has 0 aliphatic rings. The van der Waals surface area contributed by atoms with E-state index in [1.54, 1.807) is 32.3 Å². The van der Waals surface area contributed by atoms with Crippen molar-refractivity contribution in [3.8, 4) is 5.75 Å². The van der Waals surface area contributed by atoms with Gasteiger partial charge in [0.1, 0.15) is 28.5 Å². The summed E-state index contributed by atoms with van der Waals surface area (Å²) in [7, 11) is 1.80. The van der Waals surface area contributed by atoms with E-state index in [9.17, 15) is 14.0 Å². The molecular weight excluding hydrogens is 455 g/mol. The molecule has 0 saturated heterocycles. The lowest BCUT2D eigenvalue weighted by molar-refractivity contribution is -0.155. The van der Waals surface area contributed by atoms with Crippen molar-refractivity contribution in [1.29, 1.82) is 0 Å². The van der Waals surface area contributed by atoms with Gasteiger partial charge in [-0.2, -0.15) is 5.10 Å². The van der Waals surface area contributed by atoms with Crippen molar-refractivity contribution in [2.45, 2.75) is 52.7 Å². The van der Waals surface area contributed by atoms with Crippen LogP contribution in [-0.2, 0) is 20.8 Å². The van der Waals surface area contributed by atoms with Crippen molar-refractivity contribution in [2.24, 2.45) is 0 Å². The fourth-order valence-electron chi connectivity index (χ4n) is 3.36. The van der Waals surface area contributed by atoms with Gasteiger partial charge in [-0.25, -0.2) is 18.7 Å². The Bertz CT molecular complexity index is 1190. The molecule has 2 aromatic heterocycles. The standard InChI is InChI=1S/C25H31FN4O5/c1-6-33-24(32)19-15-27-30-12-11-21(28-23(19)30)29(5)16-17-14-18(26)9-10-20(17)34-13-7-8-22(31)35-25(2,3)4/h9-12,14-15H,6-8,13,16H2,1-5H3. The van der Waals surface area contributed by atoms with Gasteiger partial charge in [-0.3, -0.25) is 4.79 Å². The number of ether oxygens (including phenoxy) is 3. The van der Waals surface area contributed by atoms with Gasteiger partial charge in [0.05, 0.1) is 19.4 Å². The molecule has 0 saturated carbocycles. The highest BCUT2D eigenvalue weighted by atomic mass is 19.1. The normalized spacial score (nSPS) is 11.4. The molecule has 9 nitrogen and oxygen atoms in total. The third-order valence-electron chi connectivity index (χ3n) is 4.87. The van der Waals surface area contributed by atoms with E-state index in [1.807, 2.05) is 25.7 Å². The van der Waals surface area contributed by atoms with Crippen LogP contribution in [0, 0.1) is 5.82 Å². The molecule has 3 aromatic rings. The molecule has 2 heterocycles. The number of benzene rings is 1. The van der Waals surface area contributed by atoms with Crippen molar-refractivity contribution >= 4 is 23.4 Å². The van der Waals surface area contributed by atoms with Crippen LogP contribution in [0.3, 0.4) is 0 Å². The predicted octanol–water partition coefficient (Wildman–Crippen LogP) is 4.18. The van der Waals surface area contributed by atoms with Gasteiger partial charge in [0.15, 0.2) is 5.65 Å². The van der Waals surface area contributed by atoms with Crippen LogP contribution in [0.5, 0.6) is 5.75 Å². The summed E-state index contributed by atoms with van der Waals surface area (Å²) < 4.78 is 31.7. The number of rotatable bonds is 10. The molecule has 0 atom stereocenters. The van der Waals surface area contributed by atoms with Crippen molar-refractivity contribution in [3.63, 3.8) is 0 Å². The Morgan fingerprint density at radius 3 is 2.69 bits per heavy atom. The maximum absolute atomic E-state index is 14.0. The zero-order chi connectivity index (χ0) is 25.6. The van der Waals surface area contributed by atoms with Crippen LogP contribution in [0.4, 0.5) is 10.2 Å². The van der Waals surface area contributed by atoms with Crippen molar-refractivity contribution in [3.05, 3.63) is 53.6 Å². The van der Waals surface area contributed by atoms with Gasteiger partial charge in [0.2, 0.25) is 0 Å². The van der Waals surface area contributed by atoms with E-state index in [0.29, 0.717) is 35.7 Å². The topological polar surface area (TPSA) is 95.3 Å². The number of anilines is 1. The zero-order valence-electron chi connectivity index (χ0n) is 20.7. The van der Waals surface area contributed by atoms with E-state index in [0.717, 1.165) is 0 Å². The lowest BCUT2D eigenvalue weighted by Gasteiger charge is -2.21. The van der Waals surface area contributed by atoms with Gasteiger partial charge in [0.25, 0.3) is 0 Å². The Balaban J connectivity index is 1.69. The molecule has 10 heteroatoms. The van der Waals surface area contributed by atoms with Gasteiger partial charge >= 0.3 is 11.9 Å². The van der Waals surface area contributed by atoms with E-state index < -0.39 is 17.4 Å². The summed E-state index contributed by atoms with van der Waals surface area (Å²) in [6.07, 6.45) is 3.81. The number of aromatic nitrogens is 3. The number of hydrogen-bond donors (Lipinski definition) is 0. The minimum atomic E-state index is -0.530. The molecule has 188 valence electrons. The molecule has 1 aromatic carbocycles. The van der Waals surface area contributed by atoms with E-state index >= 15 is 0 Å².